The number of carbonyl (C=O) groups is 1. The highest BCUT2D eigenvalue weighted by molar-refractivity contribution is 8.00. The zero-order valence-corrected chi connectivity index (χ0v) is 14.0. The lowest BCUT2D eigenvalue weighted by atomic mass is 10.0. The summed E-state index contributed by atoms with van der Waals surface area (Å²) in [6.07, 6.45) is -0.507. The molecule has 24 heavy (non-hydrogen) atoms. The molecule has 0 saturated carbocycles. The van der Waals surface area contributed by atoms with E-state index in [1.54, 1.807) is 24.3 Å². The van der Waals surface area contributed by atoms with Crippen LogP contribution in [0.3, 0.4) is 0 Å². The zero-order chi connectivity index (χ0) is 17.6. The first kappa shape index (κ1) is 18.9. The van der Waals surface area contributed by atoms with E-state index in [0.717, 1.165) is 18.2 Å². The fourth-order valence-corrected chi connectivity index (χ4v) is 3.71. The van der Waals surface area contributed by atoms with Crippen molar-refractivity contribution in [2.45, 2.75) is 30.5 Å². The van der Waals surface area contributed by atoms with Crippen LogP contribution in [-0.2, 0) is 0 Å². The van der Waals surface area contributed by atoms with Gasteiger partial charge in [0.15, 0.2) is 0 Å². The summed E-state index contributed by atoms with van der Waals surface area (Å²) in [6, 6.07) is 7.00. The molecule has 1 heterocycles. The van der Waals surface area contributed by atoms with E-state index in [9.17, 15) is 20.1 Å². The molecule has 1 aromatic rings. The molecule has 134 valence electrons. The number of nitrogens with one attached hydrogen (secondary N) is 1. The Morgan fingerprint density at radius 2 is 2.25 bits per heavy atom. The van der Waals surface area contributed by atoms with Crippen LogP contribution in [0.2, 0.25) is 0 Å². The van der Waals surface area contributed by atoms with E-state index in [4.69, 9.17) is 9.84 Å². The Labute approximate surface area is 144 Å². The molecule has 1 aliphatic heterocycles. The van der Waals surface area contributed by atoms with Gasteiger partial charge >= 0.3 is 6.09 Å². The van der Waals surface area contributed by atoms with Gasteiger partial charge in [0, 0.05) is 13.0 Å². The molecular weight excluding hydrogens is 334 g/mol. The highest BCUT2D eigenvalue weighted by Gasteiger charge is 2.33. The smallest absolute Gasteiger partial charge is 0.404 e. The summed E-state index contributed by atoms with van der Waals surface area (Å²) in [5, 5.41) is 38.5. The lowest BCUT2D eigenvalue weighted by molar-refractivity contribution is -0.0979. The first-order valence-corrected chi connectivity index (χ1v) is 8.80. The van der Waals surface area contributed by atoms with Gasteiger partial charge in [-0.2, -0.15) is 0 Å². The number of hydrogen-bond acceptors (Lipinski definition) is 6. The summed E-state index contributed by atoms with van der Waals surface area (Å²) in [4.78, 5) is 10.4. The van der Waals surface area contributed by atoms with Crippen molar-refractivity contribution in [3.8, 4) is 5.75 Å². The van der Waals surface area contributed by atoms with E-state index in [2.05, 4.69) is 5.32 Å². The van der Waals surface area contributed by atoms with Gasteiger partial charge in [-0.15, -0.1) is 0 Å². The van der Waals surface area contributed by atoms with Gasteiger partial charge < -0.3 is 30.5 Å². The average molecular weight is 357 g/mol. The summed E-state index contributed by atoms with van der Waals surface area (Å²) in [7, 11) is 0. The van der Waals surface area contributed by atoms with Crippen molar-refractivity contribution in [1.82, 2.24) is 5.32 Å². The minimum Gasteiger partial charge on any atom is -0.493 e. The number of hydrogen-bond donors (Lipinski definition) is 5. The Bertz CT molecular complexity index is 553. The van der Waals surface area contributed by atoms with E-state index in [0.29, 0.717) is 23.7 Å². The molecule has 0 aromatic heterocycles. The van der Waals surface area contributed by atoms with Crippen molar-refractivity contribution in [2.75, 3.05) is 18.9 Å². The maximum atomic E-state index is 10.4. The van der Waals surface area contributed by atoms with Gasteiger partial charge in [0.1, 0.15) is 5.75 Å². The molecule has 1 fully saturated rings. The first-order valence-electron chi connectivity index (χ1n) is 7.82. The minimum absolute atomic E-state index is 0.0644. The monoisotopic (exact) mass is 357 g/mol. The molecule has 7 nitrogen and oxygen atoms in total. The first-order chi connectivity index (χ1) is 11.4. The average Bonchev–Trinajstić information content (AvgIpc) is 2.52. The van der Waals surface area contributed by atoms with Gasteiger partial charge in [0.05, 0.1) is 12.7 Å². The molecule has 1 aromatic carbocycles. The van der Waals surface area contributed by atoms with Crippen molar-refractivity contribution in [1.29, 1.82) is 0 Å². The number of benzene rings is 1. The molecule has 5 N–H and O–H groups in total. The van der Waals surface area contributed by atoms with E-state index in [-0.39, 0.29) is 25.3 Å². The van der Waals surface area contributed by atoms with E-state index < -0.39 is 17.3 Å². The van der Waals surface area contributed by atoms with E-state index in [1.807, 2.05) is 0 Å². The third-order valence-corrected chi connectivity index (χ3v) is 4.91. The van der Waals surface area contributed by atoms with Crippen molar-refractivity contribution in [2.24, 2.45) is 5.92 Å². The van der Waals surface area contributed by atoms with Crippen LogP contribution in [-0.4, -0.2) is 50.5 Å². The molecular formula is C16H23NO6S. The number of amides is 1. The predicted octanol–water partition coefficient (Wildman–Crippen LogP) is 1.54. The van der Waals surface area contributed by atoms with Crippen LogP contribution in [0.25, 0.3) is 0 Å². The Morgan fingerprint density at radius 3 is 2.96 bits per heavy atom. The highest BCUT2D eigenvalue weighted by Crippen LogP contribution is 2.35. The molecule has 8 heteroatoms. The van der Waals surface area contributed by atoms with Crippen LogP contribution in [0.1, 0.15) is 30.9 Å². The van der Waals surface area contributed by atoms with Crippen molar-refractivity contribution in [3.05, 3.63) is 29.8 Å². The number of rotatable bonds is 7. The molecule has 2 atom stereocenters. The lowest BCUT2D eigenvalue weighted by Gasteiger charge is -2.31. The predicted molar refractivity (Wildman–Crippen MR) is 89.9 cm³/mol. The zero-order valence-electron chi connectivity index (χ0n) is 13.2. The molecule has 1 amide bonds. The molecule has 2 unspecified atom stereocenters. The third-order valence-electron chi connectivity index (χ3n) is 3.84. The molecule has 0 radical (unpaired) electrons. The normalized spacial score (nSPS) is 21.0. The number of ether oxygens (including phenoxy) is 1. The van der Waals surface area contributed by atoms with Gasteiger partial charge in [-0.05, 0) is 42.2 Å². The van der Waals surface area contributed by atoms with Gasteiger partial charge in [-0.1, -0.05) is 23.9 Å². The Kier molecular flexibility index (Phi) is 6.73. The van der Waals surface area contributed by atoms with Crippen LogP contribution < -0.4 is 10.1 Å². The molecule has 0 aliphatic carbocycles. The van der Waals surface area contributed by atoms with Crippen molar-refractivity contribution in [3.63, 3.8) is 0 Å². The number of thioether (sulfide) groups is 1. The number of carboxylic acid groups (broad SMARTS) is 1. The fraction of sp³-hybridized carbons (Fsp3) is 0.562. The minimum atomic E-state index is -1.68. The van der Waals surface area contributed by atoms with E-state index >= 15 is 0 Å². The van der Waals surface area contributed by atoms with Gasteiger partial charge in [-0.3, -0.25) is 0 Å². The standard InChI is InChI=1S/C16H23NO6S/c18-14(4-6-17-15(19)20)12-2-1-3-13(8-12)23-10-11-5-7-24-16(21,22)9-11/h1-3,8,11,14,17-18,21-22H,4-7,9-10H2,(H,19,20). The van der Waals surface area contributed by atoms with Crippen LogP contribution >= 0.6 is 11.8 Å². The Morgan fingerprint density at radius 1 is 1.46 bits per heavy atom. The highest BCUT2D eigenvalue weighted by atomic mass is 32.2. The van der Waals surface area contributed by atoms with Crippen LogP contribution in [0.15, 0.2) is 24.3 Å². The molecule has 0 bridgehead atoms. The maximum Gasteiger partial charge on any atom is 0.404 e. The topological polar surface area (TPSA) is 119 Å². The largest absolute Gasteiger partial charge is 0.493 e. The van der Waals surface area contributed by atoms with Crippen LogP contribution in [0.5, 0.6) is 5.75 Å². The molecule has 1 saturated heterocycles. The summed E-state index contributed by atoms with van der Waals surface area (Å²) in [5.74, 6) is 1.34. The summed E-state index contributed by atoms with van der Waals surface area (Å²) < 4.78 is 5.72. The van der Waals surface area contributed by atoms with Crippen LogP contribution in [0.4, 0.5) is 4.79 Å². The molecule has 0 spiro atoms. The van der Waals surface area contributed by atoms with Crippen molar-refractivity contribution < 1.29 is 30.0 Å². The van der Waals surface area contributed by atoms with Gasteiger partial charge in [-0.25, -0.2) is 4.79 Å². The van der Waals surface area contributed by atoms with Gasteiger partial charge in [0.25, 0.3) is 0 Å². The SMILES string of the molecule is O=C(O)NCCC(O)c1cccc(OCC2CCSC(O)(O)C2)c1. The molecule has 2 rings (SSSR count). The summed E-state index contributed by atoms with van der Waals surface area (Å²) in [5.41, 5.74) is 0.651. The van der Waals surface area contributed by atoms with Crippen molar-refractivity contribution >= 4 is 17.9 Å². The molecule has 1 aliphatic rings. The summed E-state index contributed by atoms with van der Waals surface area (Å²) >= 11 is 1.14. The Hall–Kier alpha value is -1.48. The fourth-order valence-electron chi connectivity index (χ4n) is 2.58. The summed E-state index contributed by atoms with van der Waals surface area (Å²) in [6.45, 7) is 0.542. The number of aliphatic hydroxyl groups is 3. The lowest BCUT2D eigenvalue weighted by Crippen LogP contribution is -2.34. The van der Waals surface area contributed by atoms with E-state index in [1.165, 1.54) is 0 Å². The number of aliphatic hydroxyl groups excluding tert-OH is 1. The second-order valence-electron chi connectivity index (χ2n) is 5.87. The third kappa shape index (κ3) is 6.20. The Balaban J connectivity index is 1.84. The second-order valence-corrected chi connectivity index (χ2v) is 7.22. The van der Waals surface area contributed by atoms with Crippen LogP contribution in [0, 0.1) is 5.92 Å². The second kappa shape index (κ2) is 8.57. The quantitative estimate of drug-likeness (QED) is 0.470. The maximum absolute atomic E-state index is 10.4. The van der Waals surface area contributed by atoms with Gasteiger partial charge in [0.2, 0.25) is 5.12 Å².